The van der Waals surface area contributed by atoms with Gasteiger partial charge in [-0.25, -0.2) is 4.79 Å². The summed E-state index contributed by atoms with van der Waals surface area (Å²) in [6.45, 7) is 13.3. The second-order valence-electron chi connectivity index (χ2n) is 12.0. The molecule has 4 N–H and O–H groups in total. The molecule has 1 fully saturated rings. The lowest BCUT2D eigenvalue weighted by molar-refractivity contribution is -0.143. The molecular weight excluding hydrogens is 512 g/mol. The van der Waals surface area contributed by atoms with Gasteiger partial charge in [-0.3, -0.25) is 4.79 Å². The van der Waals surface area contributed by atoms with E-state index in [2.05, 4.69) is 25.7 Å². The number of hydrogen-bond donors (Lipinski definition) is 4. The Morgan fingerprint density at radius 3 is 2.33 bits per heavy atom. The van der Waals surface area contributed by atoms with E-state index in [0.29, 0.717) is 24.3 Å². The summed E-state index contributed by atoms with van der Waals surface area (Å²) < 4.78 is 11.0. The molecule has 0 bridgehead atoms. The SMILES string of the molecule is C=C1/C=C(\C)C(C)CC(O)CC(=O)C(O)C(O)C(C)CC(O)COC(=O)/C(C)=C/CC/C=C/C2OC2CC(C)C1. The van der Waals surface area contributed by atoms with Crippen molar-refractivity contribution in [3.63, 3.8) is 0 Å². The molecule has 0 aromatic heterocycles. The molecule has 0 aromatic rings. The smallest absolute Gasteiger partial charge is 0.333 e. The van der Waals surface area contributed by atoms with Gasteiger partial charge in [0.15, 0.2) is 5.78 Å². The predicted octanol–water partition coefficient (Wildman–Crippen LogP) is 3.97. The molecule has 2 aliphatic heterocycles. The van der Waals surface area contributed by atoms with Crippen LogP contribution in [-0.2, 0) is 19.1 Å². The van der Waals surface area contributed by atoms with Crippen LogP contribution in [0.15, 0.2) is 47.6 Å². The first-order valence-corrected chi connectivity index (χ1v) is 14.5. The number of carbonyl (C=O) groups excluding carboxylic acids is 2. The highest BCUT2D eigenvalue weighted by Crippen LogP contribution is 2.32. The van der Waals surface area contributed by atoms with Crippen LogP contribution in [0.1, 0.15) is 79.6 Å². The fraction of sp³-hybridized carbons (Fsp3) is 0.688. The molecule has 8 heteroatoms. The molecule has 0 saturated carbocycles. The molecule has 226 valence electrons. The van der Waals surface area contributed by atoms with E-state index >= 15 is 0 Å². The van der Waals surface area contributed by atoms with Gasteiger partial charge in [0.2, 0.25) is 0 Å². The monoisotopic (exact) mass is 562 g/mol. The van der Waals surface area contributed by atoms with Crippen LogP contribution in [0.2, 0.25) is 0 Å². The summed E-state index contributed by atoms with van der Waals surface area (Å²) in [7, 11) is 0. The van der Waals surface area contributed by atoms with E-state index in [9.17, 15) is 30.0 Å². The van der Waals surface area contributed by atoms with Gasteiger partial charge in [0, 0.05) is 12.0 Å². The van der Waals surface area contributed by atoms with Crippen molar-refractivity contribution in [1.82, 2.24) is 0 Å². The van der Waals surface area contributed by atoms with Crippen molar-refractivity contribution in [3.05, 3.63) is 47.6 Å². The number of aliphatic hydroxyl groups excluding tert-OH is 4. The van der Waals surface area contributed by atoms with Crippen LogP contribution in [0.3, 0.4) is 0 Å². The van der Waals surface area contributed by atoms with E-state index in [1.807, 2.05) is 19.9 Å². The van der Waals surface area contributed by atoms with Crippen molar-refractivity contribution >= 4 is 11.8 Å². The normalized spacial score (nSPS) is 40.4. The summed E-state index contributed by atoms with van der Waals surface area (Å²) in [5.74, 6) is -1.45. The summed E-state index contributed by atoms with van der Waals surface area (Å²) in [4.78, 5) is 24.8. The molecule has 0 amide bonds. The third kappa shape index (κ3) is 11.8. The minimum absolute atomic E-state index is 0.00393. The number of esters is 1. The first-order chi connectivity index (χ1) is 18.8. The number of hydrogen-bond acceptors (Lipinski definition) is 8. The zero-order valence-electron chi connectivity index (χ0n) is 24.8. The van der Waals surface area contributed by atoms with Gasteiger partial charge in [-0.15, -0.1) is 0 Å². The number of ether oxygens (including phenoxy) is 2. The van der Waals surface area contributed by atoms with Gasteiger partial charge < -0.3 is 29.9 Å². The molecule has 9 atom stereocenters. The number of aliphatic hydroxyl groups is 4. The van der Waals surface area contributed by atoms with Crippen molar-refractivity contribution in [2.75, 3.05) is 6.61 Å². The second kappa shape index (κ2) is 16.4. The van der Waals surface area contributed by atoms with E-state index in [-0.39, 0.29) is 37.6 Å². The molecule has 40 heavy (non-hydrogen) atoms. The number of carbonyl (C=O) groups is 2. The van der Waals surface area contributed by atoms with Crippen molar-refractivity contribution in [1.29, 1.82) is 0 Å². The van der Waals surface area contributed by atoms with Crippen LogP contribution in [0.4, 0.5) is 0 Å². The Labute approximate surface area is 239 Å². The van der Waals surface area contributed by atoms with Gasteiger partial charge in [-0.05, 0) is 70.1 Å². The lowest BCUT2D eigenvalue weighted by Crippen LogP contribution is -2.41. The van der Waals surface area contributed by atoms with E-state index in [4.69, 9.17) is 9.47 Å². The highest BCUT2D eigenvalue weighted by atomic mass is 16.6. The van der Waals surface area contributed by atoms with Crippen LogP contribution in [-0.4, -0.2) is 75.4 Å². The number of Topliss-reactive ketones (excluding diaryl/α,β-unsaturated/α-hetero) is 1. The summed E-state index contributed by atoms with van der Waals surface area (Å²) in [5.41, 5.74) is 2.50. The summed E-state index contributed by atoms with van der Waals surface area (Å²) >= 11 is 0. The van der Waals surface area contributed by atoms with Crippen LogP contribution in [0, 0.1) is 17.8 Å². The number of fused-ring (bicyclic) bond motifs is 1. The second-order valence-corrected chi connectivity index (χ2v) is 12.0. The van der Waals surface area contributed by atoms with Crippen LogP contribution in [0.5, 0.6) is 0 Å². The zero-order valence-corrected chi connectivity index (χ0v) is 24.8. The van der Waals surface area contributed by atoms with E-state index < -0.39 is 42.1 Å². The Bertz CT molecular complexity index is 951. The van der Waals surface area contributed by atoms with Gasteiger partial charge in [0.25, 0.3) is 0 Å². The van der Waals surface area contributed by atoms with Crippen LogP contribution >= 0.6 is 0 Å². The molecule has 0 radical (unpaired) electrons. The summed E-state index contributed by atoms with van der Waals surface area (Å²) in [6.07, 6.45) is 6.39. The summed E-state index contributed by atoms with van der Waals surface area (Å²) in [5, 5.41) is 41.7. The third-order valence-electron chi connectivity index (χ3n) is 7.86. The molecule has 0 aromatic carbocycles. The van der Waals surface area contributed by atoms with Crippen LogP contribution in [0.25, 0.3) is 0 Å². The van der Waals surface area contributed by atoms with E-state index in [1.54, 1.807) is 19.9 Å². The minimum atomic E-state index is -1.69. The largest absolute Gasteiger partial charge is 0.460 e. The molecule has 1 saturated heterocycles. The Morgan fingerprint density at radius 1 is 0.925 bits per heavy atom. The van der Waals surface area contributed by atoms with Gasteiger partial charge in [0.05, 0.1) is 24.4 Å². The van der Waals surface area contributed by atoms with Gasteiger partial charge in [0.1, 0.15) is 18.8 Å². The minimum Gasteiger partial charge on any atom is -0.460 e. The number of allylic oxidation sites excluding steroid dienone is 5. The molecule has 2 aliphatic rings. The van der Waals surface area contributed by atoms with Gasteiger partial charge in [-0.1, -0.05) is 62.8 Å². The van der Waals surface area contributed by atoms with Crippen LogP contribution < -0.4 is 0 Å². The van der Waals surface area contributed by atoms with Gasteiger partial charge in [-0.2, -0.15) is 0 Å². The maximum atomic E-state index is 12.6. The molecule has 0 aliphatic carbocycles. The van der Waals surface area contributed by atoms with E-state index in [0.717, 1.165) is 30.4 Å². The fourth-order valence-corrected chi connectivity index (χ4v) is 5.13. The lowest BCUT2D eigenvalue weighted by atomic mass is 9.88. The Kier molecular flexibility index (Phi) is 14.0. The van der Waals surface area contributed by atoms with Crippen molar-refractivity contribution in [2.45, 2.75) is 116 Å². The highest BCUT2D eigenvalue weighted by molar-refractivity contribution is 5.87. The topological polar surface area (TPSA) is 137 Å². The standard InChI is InChI=1S/C32H50O8/c1-19-12-20(2)14-29-28(40-29)11-9-7-8-10-21(3)32(38)39-18-26(34)16-24(6)30(36)31(37)27(35)17-25(33)15-23(5)22(4)13-19/h9-11,13,20,23-26,28-31,33-34,36-37H,1,7-8,12,14-18H2,2-6H3/b11-9+,21-10+,22-13+. The van der Waals surface area contributed by atoms with Crippen molar-refractivity contribution in [2.24, 2.45) is 17.8 Å². The Morgan fingerprint density at radius 2 is 1.62 bits per heavy atom. The average molecular weight is 563 g/mol. The molecule has 2 heterocycles. The molecule has 9 unspecified atom stereocenters. The molecule has 2 rings (SSSR count). The number of ketones is 1. The predicted molar refractivity (Wildman–Crippen MR) is 154 cm³/mol. The summed E-state index contributed by atoms with van der Waals surface area (Å²) in [6, 6.07) is 0. The number of rotatable bonds is 0. The van der Waals surface area contributed by atoms with Crippen molar-refractivity contribution < 1.29 is 39.5 Å². The third-order valence-corrected chi connectivity index (χ3v) is 7.86. The molecule has 0 spiro atoms. The zero-order chi connectivity index (χ0) is 30.0. The Hall–Kier alpha value is -2.10. The molecule has 8 nitrogen and oxygen atoms in total. The quantitative estimate of drug-likeness (QED) is 0.198. The average Bonchev–Trinajstić information content (AvgIpc) is 3.61. The molecular formula is C32H50O8. The maximum Gasteiger partial charge on any atom is 0.333 e. The fourth-order valence-electron chi connectivity index (χ4n) is 5.13. The highest BCUT2D eigenvalue weighted by Gasteiger charge is 2.37. The van der Waals surface area contributed by atoms with E-state index in [1.165, 1.54) is 0 Å². The maximum absolute atomic E-state index is 12.6. The number of cyclic esters (lactones) is 1. The van der Waals surface area contributed by atoms with Gasteiger partial charge >= 0.3 is 5.97 Å². The Balaban J connectivity index is 2.08. The number of epoxide rings is 1. The van der Waals surface area contributed by atoms with Crippen molar-refractivity contribution in [3.8, 4) is 0 Å². The lowest BCUT2D eigenvalue weighted by Gasteiger charge is -2.26. The first kappa shape index (κ1) is 34.1. The first-order valence-electron chi connectivity index (χ1n) is 14.5.